The number of nitrogens with two attached hydrogens (primary N) is 1. The van der Waals surface area contributed by atoms with Crippen LogP contribution in [0.5, 0.6) is 0 Å². The van der Waals surface area contributed by atoms with Crippen LogP contribution in [0.4, 0.5) is 0 Å². The van der Waals surface area contributed by atoms with Gasteiger partial charge in [0.2, 0.25) is 0 Å². The van der Waals surface area contributed by atoms with Crippen molar-refractivity contribution in [3.63, 3.8) is 0 Å². The fraction of sp³-hybridized carbons (Fsp3) is 1.00. The van der Waals surface area contributed by atoms with Crippen molar-refractivity contribution in [2.75, 3.05) is 44.9 Å². The summed E-state index contributed by atoms with van der Waals surface area (Å²) in [7, 11) is 0. The second kappa shape index (κ2) is 6.41. The second-order valence-electron chi connectivity index (χ2n) is 5.64. The number of nitrogens with zero attached hydrogens (tertiary/aromatic N) is 1. The normalized spacial score (nSPS) is 26.5. The van der Waals surface area contributed by atoms with Gasteiger partial charge in [-0.1, -0.05) is 0 Å². The third-order valence-corrected chi connectivity index (χ3v) is 4.90. The summed E-state index contributed by atoms with van der Waals surface area (Å²) in [5.74, 6) is 1.19. The molecule has 0 unspecified atom stereocenters. The first-order valence-corrected chi connectivity index (χ1v) is 8.18. The minimum absolute atomic E-state index is 0.359. The predicted molar refractivity (Wildman–Crippen MR) is 74.5 cm³/mol. The zero-order valence-electron chi connectivity index (χ0n) is 11.0. The van der Waals surface area contributed by atoms with Crippen molar-refractivity contribution in [3.8, 4) is 0 Å². The van der Waals surface area contributed by atoms with Gasteiger partial charge in [0.25, 0.3) is 0 Å². The molecule has 3 nitrogen and oxygen atoms in total. The summed E-state index contributed by atoms with van der Waals surface area (Å²) in [6.07, 6.45) is 7.16. The summed E-state index contributed by atoms with van der Waals surface area (Å²) in [4.78, 5) is 2.58. The van der Waals surface area contributed by atoms with E-state index in [1.54, 1.807) is 0 Å². The molecule has 2 saturated heterocycles. The van der Waals surface area contributed by atoms with E-state index in [1.165, 1.54) is 38.1 Å². The molecule has 2 rings (SSSR count). The maximum Gasteiger partial charge on any atom is 0.0471 e. The standard InChI is InChI=1S/C13H26N2OS/c1-17-9-2-12(14)10-15-6-3-13(11-15)4-7-16-8-5-13/h12H,2-11,14H2,1H3/t12-/m1/s1. The van der Waals surface area contributed by atoms with Crippen molar-refractivity contribution >= 4 is 11.8 Å². The minimum Gasteiger partial charge on any atom is -0.381 e. The van der Waals surface area contributed by atoms with Gasteiger partial charge < -0.3 is 15.4 Å². The first-order valence-electron chi connectivity index (χ1n) is 6.79. The topological polar surface area (TPSA) is 38.5 Å². The van der Waals surface area contributed by atoms with E-state index in [2.05, 4.69) is 11.2 Å². The Kier molecular flexibility index (Phi) is 5.15. The van der Waals surface area contributed by atoms with Gasteiger partial charge in [-0.3, -0.25) is 0 Å². The van der Waals surface area contributed by atoms with Gasteiger partial charge in [-0.2, -0.15) is 11.8 Å². The molecule has 1 spiro atoms. The van der Waals surface area contributed by atoms with E-state index < -0.39 is 0 Å². The van der Waals surface area contributed by atoms with Crippen LogP contribution in [-0.4, -0.2) is 55.8 Å². The van der Waals surface area contributed by atoms with Crippen LogP contribution in [0, 0.1) is 5.41 Å². The molecular formula is C13H26N2OS. The van der Waals surface area contributed by atoms with Crippen LogP contribution in [0.25, 0.3) is 0 Å². The maximum absolute atomic E-state index is 6.18. The summed E-state index contributed by atoms with van der Waals surface area (Å²) in [6.45, 7) is 5.51. The molecule has 100 valence electrons. The lowest BCUT2D eigenvalue weighted by Crippen LogP contribution is -2.39. The molecular weight excluding hydrogens is 232 g/mol. The molecule has 0 aliphatic carbocycles. The van der Waals surface area contributed by atoms with Gasteiger partial charge in [0, 0.05) is 32.3 Å². The van der Waals surface area contributed by atoms with Crippen molar-refractivity contribution < 1.29 is 4.74 Å². The molecule has 0 aromatic heterocycles. The molecule has 2 aliphatic rings. The van der Waals surface area contributed by atoms with E-state index in [0.29, 0.717) is 11.5 Å². The number of thioether (sulfide) groups is 1. The maximum atomic E-state index is 6.18. The Morgan fingerprint density at radius 2 is 2.12 bits per heavy atom. The number of rotatable bonds is 5. The summed E-state index contributed by atoms with van der Waals surface area (Å²) < 4.78 is 5.48. The van der Waals surface area contributed by atoms with Gasteiger partial charge in [0.15, 0.2) is 0 Å². The molecule has 2 aliphatic heterocycles. The monoisotopic (exact) mass is 258 g/mol. The number of likely N-dealkylation sites (tertiary alicyclic amines) is 1. The second-order valence-corrected chi connectivity index (χ2v) is 6.62. The number of hydrogen-bond acceptors (Lipinski definition) is 4. The predicted octanol–water partition coefficient (Wildman–Crippen LogP) is 1.57. The summed E-state index contributed by atoms with van der Waals surface area (Å²) in [5.41, 5.74) is 6.74. The van der Waals surface area contributed by atoms with Crippen LogP contribution >= 0.6 is 11.8 Å². The minimum atomic E-state index is 0.359. The molecule has 4 heteroatoms. The molecule has 17 heavy (non-hydrogen) atoms. The molecule has 2 heterocycles. The Balaban J connectivity index is 1.73. The van der Waals surface area contributed by atoms with Gasteiger partial charge >= 0.3 is 0 Å². The van der Waals surface area contributed by atoms with Gasteiger partial charge in [-0.25, -0.2) is 0 Å². The van der Waals surface area contributed by atoms with Gasteiger partial charge in [-0.15, -0.1) is 0 Å². The Labute approximate surface area is 109 Å². The van der Waals surface area contributed by atoms with Crippen LogP contribution in [0.3, 0.4) is 0 Å². The van der Waals surface area contributed by atoms with Crippen LogP contribution in [0.15, 0.2) is 0 Å². The lowest BCUT2D eigenvalue weighted by molar-refractivity contribution is 0.0192. The summed E-state index contributed by atoms with van der Waals surface area (Å²) in [6, 6.07) is 0.359. The Morgan fingerprint density at radius 1 is 1.35 bits per heavy atom. The fourth-order valence-corrected chi connectivity index (χ4v) is 3.63. The molecule has 1 atom stereocenters. The van der Waals surface area contributed by atoms with E-state index in [9.17, 15) is 0 Å². The lowest BCUT2D eigenvalue weighted by Gasteiger charge is -2.33. The fourth-order valence-electron chi connectivity index (χ4n) is 3.09. The first kappa shape index (κ1) is 13.7. The molecule has 0 aromatic rings. The van der Waals surface area contributed by atoms with Crippen LogP contribution in [0.2, 0.25) is 0 Å². The van der Waals surface area contributed by atoms with Crippen LogP contribution in [-0.2, 0) is 4.74 Å². The third kappa shape index (κ3) is 3.85. The average molecular weight is 258 g/mol. The van der Waals surface area contributed by atoms with Crippen LogP contribution < -0.4 is 5.73 Å². The van der Waals surface area contributed by atoms with E-state index in [0.717, 1.165) is 26.2 Å². The molecule has 0 bridgehead atoms. The zero-order chi connectivity index (χ0) is 12.1. The van der Waals surface area contributed by atoms with Crippen molar-refractivity contribution in [2.24, 2.45) is 11.1 Å². The zero-order valence-corrected chi connectivity index (χ0v) is 11.8. The quantitative estimate of drug-likeness (QED) is 0.812. The van der Waals surface area contributed by atoms with Crippen LogP contribution in [0.1, 0.15) is 25.7 Å². The molecule has 0 amide bonds. The first-order chi connectivity index (χ1) is 8.24. The van der Waals surface area contributed by atoms with Crippen molar-refractivity contribution in [1.82, 2.24) is 4.90 Å². The Hall–Kier alpha value is 0.230. The number of ether oxygens (including phenoxy) is 1. The highest BCUT2D eigenvalue weighted by Gasteiger charge is 2.39. The van der Waals surface area contributed by atoms with Crippen molar-refractivity contribution in [1.29, 1.82) is 0 Å². The molecule has 2 fully saturated rings. The van der Waals surface area contributed by atoms with Gasteiger partial charge in [-0.05, 0) is 49.7 Å². The van der Waals surface area contributed by atoms with Crippen molar-refractivity contribution in [2.45, 2.75) is 31.7 Å². The van der Waals surface area contributed by atoms with E-state index in [-0.39, 0.29) is 0 Å². The Morgan fingerprint density at radius 3 is 2.82 bits per heavy atom. The summed E-state index contributed by atoms with van der Waals surface area (Å²) >= 11 is 1.89. The lowest BCUT2D eigenvalue weighted by atomic mass is 9.80. The van der Waals surface area contributed by atoms with Gasteiger partial charge in [0.05, 0.1) is 0 Å². The van der Waals surface area contributed by atoms with Crippen molar-refractivity contribution in [3.05, 3.63) is 0 Å². The third-order valence-electron chi connectivity index (χ3n) is 4.26. The molecule has 2 N–H and O–H groups in total. The van der Waals surface area contributed by atoms with E-state index in [1.807, 2.05) is 11.8 Å². The summed E-state index contributed by atoms with van der Waals surface area (Å²) in [5, 5.41) is 0. The highest BCUT2D eigenvalue weighted by atomic mass is 32.2. The smallest absolute Gasteiger partial charge is 0.0471 e. The molecule has 0 radical (unpaired) electrons. The highest BCUT2D eigenvalue weighted by Crippen LogP contribution is 2.39. The Bertz CT molecular complexity index is 231. The van der Waals surface area contributed by atoms with E-state index >= 15 is 0 Å². The molecule has 0 saturated carbocycles. The number of hydrogen-bond donors (Lipinski definition) is 1. The SMILES string of the molecule is CSCC[C@@H](N)CN1CCC2(CCOCC2)C1. The van der Waals surface area contributed by atoms with Gasteiger partial charge in [0.1, 0.15) is 0 Å². The largest absolute Gasteiger partial charge is 0.381 e. The average Bonchev–Trinajstić information content (AvgIpc) is 2.70. The van der Waals surface area contributed by atoms with E-state index in [4.69, 9.17) is 10.5 Å². The highest BCUT2D eigenvalue weighted by molar-refractivity contribution is 7.98. The molecule has 0 aromatic carbocycles.